The van der Waals surface area contributed by atoms with Crippen molar-refractivity contribution in [2.45, 2.75) is 62.3 Å². The van der Waals surface area contributed by atoms with Crippen molar-refractivity contribution in [1.82, 2.24) is 16.0 Å². The first-order chi connectivity index (χ1) is 11.6. The summed E-state index contributed by atoms with van der Waals surface area (Å²) in [4.78, 5) is 34.2. The van der Waals surface area contributed by atoms with Gasteiger partial charge in [0.1, 0.15) is 5.78 Å². The lowest BCUT2D eigenvalue weighted by molar-refractivity contribution is -0.121. The number of rotatable bonds is 11. The van der Waals surface area contributed by atoms with E-state index in [4.69, 9.17) is 0 Å². The van der Waals surface area contributed by atoms with E-state index in [9.17, 15) is 14.4 Å². The molecule has 3 amide bonds. The third kappa shape index (κ3) is 6.42. The largest absolute Gasteiger partial charge is 0.356 e. The Balaban J connectivity index is 1.46. The van der Waals surface area contributed by atoms with E-state index in [-0.39, 0.29) is 29.8 Å². The number of hydrogen-bond donors (Lipinski definition) is 3. The maximum atomic E-state index is 11.8. The van der Waals surface area contributed by atoms with Crippen LogP contribution < -0.4 is 16.0 Å². The van der Waals surface area contributed by atoms with E-state index in [1.54, 1.807) is 0 Å². The zero-order chi connectivity index (χ0) is 17.4. The molecular formula is C16H26IN3O3S. The van der Waals surface area contributed by atoms with Gasteiger partial charge in [-0.05, 0) is 25.7 Å². The van der Waals surface area contributed by atoms with Crippen LogP contribution in [0.15, 0.2) is 0 Å². The number of ketones is 1. The fourth-order valence-electron chi connectivity index (χ4n) is 3.10. The molecular weight excluding hydrogens is 441 g/mol. The standard InChI is InChI=1S/C16H26IN3O3S/c17-9-11(21)5-3-4-8-18-14(22)7-2-1-6-13-15-12(10-24-13)19-16(23)20-15/h12-13,15H,1-10H2,(H,18,22)(H2,19,20,23)/t12-,13-,15-/m0/s1. The summed E-state index contributed by atoms with van der Waals surface area (Å²) in [6, 6.07) is 0.478. The van der Waals surface area contributed by atoms with Crippen molar-refractivity contribution in [2.24, 2.45) is 0 Å². The molecule has 0 aromatic heterocycles. The molecule has 2 rings (SSSR count). The number of urea groups is 1. The van der Waals surface area contributed by atoms with E-state index in [0.717, 1.165) is 37.9 Å². The summed E-state index contributed by atoms with van der Waals surface area (Å²) < 4.78 is 0.574. The minimum atomic E-state index is -0.0464. The summed E-state index contributed by atoms with van der Waals surface area (Å²) >= 11 is 3.99. The number of nitrogens with one attached hydrogen (secondary N) is 3. The zero-order valence-electron chi connectivity index (χ0n) is 13.8. The van der Waals surface area contributed by atoms with E-state index in [0.29, 0.717) is 29.1 Å². The SMILES string of the molecule is O=C(CI)CCCCNC(=O)CCCC[C@@H]1SC[C@@H]2NC(=O)N[C@@H]21. The lowest BCUT2D eigenvalue weighted by Crippen LogP contribution is -2.36. The first kappa shape index (κ1) is 19.8. The molecule has 136 valence electrons. The van der Waals surface area contributed by atoms with E-state index >= 15 is 0 Å². The number of Topliss-reactive ketones (excluding diaryl/α,β-unsaturated/α-hetero) is 1. The molecule has 0 radical (unpaired) electrons. The van der Waals surface area contributed by atoms with Gasteiger partial charge in [0, 0.05) is 30.4 Å². The molecule has 2 saturated heterocycles. The second-order valence-electron chi connectivity index (χ2n) is 6.35. The predicted molar refractivity (Wildman–Crippen MR) is 105 cm³/mol. The van der Waals surface area contributed by atoms with E-state index in [1.165, 1.54) is 0 Å². The number of carbonyl (C=O) groups excluding carboxylic acids is 3. The predicted octanol–water partition coefficient (Wildman–Crippen LogP) is 2.00. The Kier molecular flexibility index (Phi) is 8.65. The smallest absolute Gasteiger partial charge is 0.315 e. The third-order valence-corrected chi connectivity index (χ3v) is 6.79. The van der Waals surface area contributed by atoms with Gasteiger partial charge in [-0.2, -0.15) is 11.8 Å². The van der Waals surface area contributed by atoms with E-state index in [1.807, 2.05) is 11.8 Å². The van der Waals surface area contributed by atoms with Gasteiger partial charge in [0.2, 0.25) is 5.91 Å². The summed E-state index contributed by atoms with van der Waals surface area (Å²) in [6.45, 7) is 0.660. The van der Waals surface area contributed by atoms with Crippen molar-refractivity contribution in [2.75, 3.05) is 16.7 Å². The molecule has 0 saturated carbocycles. The Morgan fingerprint density at radius 1 is 1.17 bits per heavy atom. The van der Waals surface area contributed by atoms with Gasteiger partial charge >= 0.3 is 6.03 Å². The Bertz CT molecular complexity index is 464. The van der Waals surface area contributed by atoms with Gasteiger partial charge in [0.25, 0.3) is 0 Å². The highest BCUT2D eigenvalue weighted by Gasteiger charge is 2.42. The van der Waals surface area contributed by atoms with Gasteiger partial charge in [-0.1, -0.05) is 29.0 Å². The highest BCUT2D eigenvalue weighted by Crippen LogP contribution is 2.33. The molecule has 2 heterocycles. The maximum Gasteiger partial charge on any atom is 0.315 e. The number of unbranched alkanes of at least 4 members (excludes halogenated alkanes) is 2. The number of fused-ring (bicyclic) bond motifs is 1. The summed E-state index contributed by atoms with van der Waals surface area (Å²) in [6.07, 6.45) is 5.82. The lowest BCUT2D eigenvalue weighted by Gasteiger charge is -2.16. The van der Waals surface area contributed by atoms with E-state index < -0.39 is 0 Å². The molecule has 8 heteroatoms. The van der Waals surface area contributed by atoms with Gasteiger partial charge in [0.05, 0.1) is 16.5 Å². The molecule has 2 aliphatic rings. The molecule has 24 heavy (non-hydrogen) atoms. The summed E-state index contributed by atoms with van der Waals surface area (Å²) in [5.41, 5.74) is 0. The number of alkyl halides is 1. The molecule has 0 aromatic carbocycles. The van der Waals surface area contributed by atoms with Crippen LogP contribution in [0.2, 0.25) is 0 Å². The Labute approximate surface area is 161 Å². The van der Waals surface area contributed by atoms with Gasteiger partial charge in [0.15, 0.2) is 0 Å². The fraction of sp³-hybridized carbons (Fsp3) is 0.812. The van der Waals surface area contributed by atoms with Crippen LogP contribution in [0.5, 0.6) is 0 Å². The molecule has 0 spiro atoms. The molecule has 2 aliphatic heterocycles. The normalized spacial score (nSPS) is 25.0. The van der Waals surface area contributed by atoms with Crippen molar-refractivity contribution < 1.29 is 14.4 Å². The maximum absolute atomic E-state index is 11.8. The fourth-order valence-corrected chi connectivity index (χ4v) is 5.03. The lowest BCUT2D eigenvalue weighted by atomic mass is 10.0. The summed E-state index contributed by atoms with van der Waals surface area (Å²) in [7, 11) is 0. The number of amides is 3. The number of thioether (sulfide) groups is 1. The second-order valence-corrected chi connectivity index (χ2v) is 8.38. The summed E-state index contributed by atoms with van der Waals surface area (Å²) in [5.74, 6) is 1.36. The second kappa shape index (κ2) is 10.5. The van der Waals surface area contributed by atoms with Crippen molar-refractivity contribution in [3.63, 3.8) is 0 Å². The quantitative estimate of drug-likeness (QED) is 0.188. The Hall–Kier alpha value is -0.510. The van der Waals surface area contributed by atoms with Crippen molar-refractivity contribution in [1.29, 1.82) is 0 Å². The van der Waals surface area contributed by atoms with Crippen LogP contribution in [-0.4, -0.2) is 51.8 Å². The van der Waals surface area contributed by atoms with Crippen LogP contribution in [0.25, 0.3) is 0 Å². The number of hydrogen-bond acceptors (Lipinski definition) is 4. The van der Waals surface area contributed by atoms with Crippen LogP contribution in [0, 0.1) is 0 Å². The van der Waals surface area contributed by atoms with Crippen molar-refractivity contribution in [3.05, 3.63) is 0 Å². The number of carbonyl (C=O) groups is 3. The molecule has 0 aromatic rings. The molecule has 3 atom stereocenters. The van der Waals surface area contributed by atoms with Crippen LogP contribution in [0.1, 0.15) is 44.9 Å². The van der Waals surface area contributed by atoms with Crippen LogP contribution >= 0.6 is 34.4 Å². The molecule has 3 N–H and O–H groups in total. The third-order valence-electron chi connectivity index (χ3n) is 4.43. The molecule has 0 bridgehead atoms. The van der Waals surface area contributed by atoms with Gasteiger partial charge in [-0.3, -0.25) is 9.59 Å². The Morgan fingerprint density at radius 3 is 2.75 bits per heavy atom. The average Bonchev–Trinajstić information content (AvgIpc) is 3.10. The topological polar surface area (TPSA) is 87.3 Å². The van der Waals surface area contributed by atoms with Crippen LogP contribution in [0.4, 0.5) is 4.79 Å². The molecule has 6 nitrogen and oxygen atoms in total. The van der Waals surface area contributed by atoms with Crippen LogP contribution in [-0.2, 0) is 9.59 Å². The average molecular weight is 467 g/mol. The zero-order valence-corrected chi connectivity index (χ0v) is 16.8. The van der Waals surface area contributed by atoms with Crippen LogP contribution in [0.3, 0.4) is 0 Å². The molecule has 2 fully saturated rings. The van der Waals surface area contributed by atoms with Crippen molar-refractivity contribution in [3.8, 4) is 0 Å². The first-order valence-corrected chi connectivity index (χ1v) is 11.2. The monoisotopic (exact) mass is 467 g/mol. The van der Waals surface area contributed by atoms with Crippen molar-refractivity contribution >= 4 is 52.1 Å². The Morgan fingerprint density at radius 2 is 1.96 bits per heavy atom. The highest BCUT2D eigenvalue weighted by atomic mass is 127. The van der Waals surface area contributed by atoms with Gasteiger partial charge in [-0.25, -0.2) is 4.79 Å². The highest BCUT2D eigenvalue weighted by molar-refractivity contribution is 14.1. The molecule has 0 aliphatic carbocycles. The molecule has 0 unspecified atom stereocenters. The minimum Gasteiger partial charge on any atom is -0.356 e. The minimum absolute atomic E-state index is 0.0464. The first-order valence-electron chi connectivity index (χ1n) is 8.63. The van der Waals surface area contributed by atoms with Gasteiger partial charge < -0.3 is 16.0 Å². The summed E-state index contributed by atoms with van der Waals surface area (Å²) in [5, 5.41) is 9.32. The number of halogens is 1. The van der Waals surface area contributed by atoms with E-state index in [2.05, 4.69) is 38.5 Å². The van der Waals surface area contributed by atoms with Gasteiger partial charge in [-0.15, -0.1) is 0 Å².